The van der Waals surface area contributed by atoms with Crippen molar-refractivity contribution in [2.24, 2.45) is 5.41 Å². The van der Waals surface area contributed by atoms with E-state index in [0.29, 0.717) is 11.6 Å². The lowest BCUT2D eigenvalue weighted by Gasteiger charge is -2.27. The van der Waals surface area contributed by atoms with Crippen molar-refractivity contribution in [3.05, 3.63) is 0 Å². The SMILES string of the molecule is CC(=O)[C@H]1CSCN1C(=O)[C@H](C)NC(=O)C(C)(C)C. The normalized spacial score (nSPS) is 21.1. The maximum Gasteiger partial charge on any atom is 0.246 e. The Morgan fingerprint density at radius 1 is 1.32 bits per heavy atom. The molecule has 0 aromatic heterocycles. The number of thioether (sulfide) groups is 1. The minimum absolute atomic E-state index is 0.00676. The molecule has 108 valence electrons. The maximum atomic E-state index is 12.3. The van der Waals surface area contributed by atoms with Gasteiger partial charge in [-0.2, -0.15) is 0 Å². The number of amides is 2. The summed E-state index contributed by atoms with van der Waals surface area (Å²) in [6, 6.07) is -0.959. The van der Waals surface area contributed by atoms with Gasteiger partial charge >= 0.3 is 0 Å². The summed E-state index contributed by atoms with van der Waals surface area (Å²) in [7, 11) is 0. The van der Waals surface area contributed by atoms with Crippen molar-refractivity contribution in [1.29, 1.82) is 0 Å². The van der Waals surface area contributed by atoms with Gasteiger partial charge in [0, 0.05) is 11.2 Å². The van der Waals surface area contributed by atoms with Crippen LogP contribution < -0.4 is 5.32 Å². The van der Waals surface area contributed by atoms with Gasteiger partial charge in [0.05, 0.1) is 5.88 Å². The van der Waals surface area contributed by atoms with Crippen LogP contribution in [0.2, 0.25) is 0 Å². The van der Waals surface area contributed by atoms with Gasteiger partial charge in [-0.15, -0.1) is 11.8 Å². The van der Waals surface area contributed by atoms with E-state index in [2.05, 4.69) is 5.32 Å². The average molecular weight is 286 g/mol. The van der Waals surface area contributed by atoms with Crippen molar-refractivity contribution in [1.82, 2.24) is 10.2 Å². The second-order valence-corrected chi connectivity index (χ2v) is 6.88. The van der Waals surface area contributed by atoms with E-state index in [0.717, 1.165) is 0 Å². The number of nitrogens with zero attached hydrogens (tertiary/aromatic N) is 1. The van der Waals surface area contributed by atoms with Gasteiger partial charge < -0.3 is 10.2 Å². The van der Waals surface area contributed by atoms with Crippen LogP contribution in [0.1, 0.15) is 34.6 Å². The summed E-state index contributed by atoms with van der Waals surface area (Å²) in [6.45, 7) is 8.54. The Hall–Kier alpha value is -1.04. The average Bonchev–Trinajstić information content (AvgIpc) is 2.75. The predicted octanol–water partition coefficient (Wildman–Crippen LogP) is 1.03. The number of rotatable bonds is 3. The van der Waals surface area contributed by atoms with Crippen molar-refractivity contribution in [2.45, 2.75) is 46.7 Å². The number of hydrogen-bond donors (Lipinski definition) is 1. The predicted molar refractivity (Wildman–Crippen MR) is 75.7 cm³/mol. The Labute approximate surface area is 118 Å². The first-order chi connectivity index (χ1) is 8.64. The molecule has 1 aliphatic heterocycles. The highest BCUT2D eigenvalue weighted by atomic mass is 32.2. The topological polar surface area (TPSA) is 66.5 Å². The summed E-state index contributed by atoms with van der Waals surface area (Å²) in [5, 5.41) is 2.71. The lowest BCUT2D eigenvalue weighted by atomic mass is 9.95. The lowest BCUT2D eigenvalue weighted by Crippen LogP contribution is -2.52. The second-order valence-electron chi connectivity index (χ2n) is 5.88. The Morgan fingerprint density at radius 3 is 2.37 bits per heavy atom. The maximum absolute atomic E-state index is 12.3. The molecule has 19 heavy (non-hydrogen) atoms. The largest absolute Gasteiger partial charge is 0.344 e. The lowest BCUT2D eigenvalue weighted by molar-refractivity contribution is -0.140. The number of hydrogen-bond acceptors (Lipinski definition) is 4. The molecule has 1 aliphatic rings. The van der Waals surface area contributed by atoms with Gasteiger partial charge in [-0.1, -0.05) is 20.8 Å². The van der Waals surface area contributed by atoms with Gasteiger partial charge in [0.15, 0.2) is 5.78 Å². The molecule has 1 N–H and O–H groups in total. The van der Waals surface area contributed by atoms with Gasteiger partial charge in [-0.25, -0.2) is 0 Å². The Balaban J connectivity index is 2.67. The molecule has 1 rings (SSSR count). The summed E-state index contributed by atoms with van der Waals surface area (Å²) in [5.74, 6) is 0.787. The molecule has 0 aromatic rings. The first-order valence-corrected chi connectivity index (χ1v) is 7.49. The standard InChI is InChI=1S/C13H22N2O3S/c1-8(14-12(18)13(3,4)5)11(17)15-7-19-6-10(15)9(2)16/h8,10H,6-7H2,1-5H3,(H,14,18)/t8-,10+/m0/s1. The Bertz CT molecular complexity index is 390. The summed E-state index contributed by atoms with van der Waals surface area (Å²) < 4.78 is 0. The summed E-state index contributed by atoms with van der Waals surface area (Å²) in [4.78, 5) is 37.2. The molecule has 2 atom stereocenters. The van der Waals surface area contributed by atoms with E-state index in [1.807, 2.05) is 0 Å². The molecule has 0 saturated carbocycles. The molecule has 0 aromatic carbocycles. The van der Waals surface area contributed by atoms with Crippen LogP contribution in [0.15, 0.2) is 0 Å². The van der Waals surface area contributed by atoms with Crippen LogP contribution in [0.3, 0.4) is 0 Å². The minimum atomic E-state index is -0.604. The van der Waals surface area contributed by atoms with E-state index >= 15 is 0 Å². The van der Waals surface area contributed by atoms with E-state index in [-0.39, 0.29) is 23.6 Å². The smallest absolute Gasteiger partial charge is 0.246 e. The zero-order chi connectivity index (χ0) is 14.8. The van der Waals surface area contributed by atoms with Crippen LogP contribution in [-0.4, -0.2) is 46.2 Å². The van der Waals surface area contributed by atoms with Crippen LogP contribution in [0.25, 0.3) is 0 Å². The van der Waals surface area contributed by atoms with Crippen molar-refractivity contribution in [3.63, 3.8) is 0 Å². The summed E-state index contributed by atoms with van der Waals surface area (Å²) in [6.07, 6.45) is 0. The van der Waals surface area contributed by atoms with E-state index in [1.165, 1.54) is 6.92 Å². The van der Waals surface area contributed by atoms with Crippen molar-refractivity contribution < 1.29 is 14.4 Å². The van der Waals surface area contributed by atoms with E-state index in [4.69, 9.17) is 0 Å². The first-order valence-electron chi connectivity index (χ1n) is 6.34. The van der Waals surface area contributed by atoms with Gasteiger partial charge in [0.25, 0.3) is 0 Å². The fraction of sp³-hybridized carbons (Fsp3) is 0.769. The number of nitrogens with one attached hydrogen (secondary N) is 1. The molecule has 6 heteroatoms. The van der Waals surface area contributed by atoms with E-state index in [1.54, 1.807) is 44.4 Å². The number of ketones is 1. The number of carbonyl (C=O) groups is 3. The van der Waals surface area contributed by atoms with Crippen LogP contribution in [-0.2, 0) is 14.4 Å². The summed E-state index contributed by atoms with van der Waals surface area (Å²) in [5.41, 5.74) is -0.533. The third-order valence-electron chi connectivity index (χ3n) is 3.03. The molecular weight excluding hydrogens is 264 g/mol. The molecule has 2 amide bonds. The van der Waals surface area contributed by atoms with Gasteiger partial charge in [0.2, 0.25) is 11.8 Å². The highest BCUT2D eigenvalue weighted by molar-refractivity contribution is 7.99. The Kier molecular flexibility index (Phi) is 5.01. The Morgan fingerprint density at radius 2 is 1.89 bits per heavy atom. The third kappa shape index (κ3) is 3.96. The van der Waals surface area contributed by atoms with Gasteiger partial charge in [0.1, 0.15) is 12.1 Å². The zero-order valence-electron chi connectivity index (χ0n) is 12.1. The fourth-order valence-electron chi connectivity index (χ4n) is 1.72. The molecule has 1 fully saturated rings. The van der Waals surface area contributed by atoms with Crippen molar-refractivity contribution >= 4 is 29.4 Å². The molecule has 0 radical (unpaired) electrons. The molecule has 5 nitrogen and oxygen atoms in total. The summed E-state index contributed by atoms with van der Waals surface area (Å²) >= 11 is 1.56. The highest BCUT2D eigenvalue weighted by Crippen LogP contribution is 2.22. The van der Waals surface area contributed by atoms with Crippen molar-refractivity contribution in [2.75, 3.05) is 11.6 Å². The highest BCUT2D eigenvalue weighted by Gasteiger charge is 2.35. The van der Waals surface area contributed by atoms with Crippen molar-refractivity contribution in [3.8, 4) is 0 Å². The van der Waals surface area contributed by atoms with Crippen LogP contribution in [0.5, 0.6) is 0 Å². The molecule has 0 unspecified atom stereocenters. The van der Waals surface area contributed by atoms with Crippen LogP contribution in [0.4, 0.5) is 0 Å². The zero-order valence-corrected chi connectivity index (χ0v) is 13.0. The molecule has 0 aliphatic carbocycles. The van der Waals surface area contributed by atoms with Gasteiger partial charge in [-0.05, 0) is 13.8 Å². The van der Waals surface area contributed by atoms with Gasteiger partial charge in [-0.3, -0.25) is 14.4 Å². The second kappa shape index (κ2) is 5.94. The monoisotopic (exact) mass is 286 g/mol. The van der Waals surface area contributed by atoms with Crippen LogP contribution >= 0.6 is 11.8 Å². The van der Waals surface area contributed by atoms with E-state index < -0.39 is 11.5 Å². The molecule has 0 spiro atoms. The fourth-order valence-corrected chi connectivity index (χ4v) is 2.97. The number of carbonyl (C=O) groups excluding carboxylic acids is 3. The quantitative estimate of drug-likeness (QED) is 0.841. The van der Waals surface area contributed by atoms with Crippen LogP contribution in [0, 0.1) is 5.41 Å². The minimum Gasteiger partial charge on any atom is -0.344 e. The van der Waals surface area contributed by atoms with E-state index in [9.17, 15) is 14.4 Å². The number of Topliss-reactive ketones (excluding diaryl/α,β-unsaturated/α-hetero) is 1. The molecule has 1 heterocycles. The molecule has 0 bridgehead atoms. The molecule has 1 saturated heterocycles. The first kappa shape index (κ1) is 16.0. The third-order valence-corrected chi connectivity index (χ3v) is 4.05. The molecular formula is C13H22N2O3S.